The molecular formula is C15H15ClN2O3. The van der Waals surface area contributed by atoms with Crippen molar-refractivity contribution in [2.45, 2.75) is 13.3 Å². The van der Waals surface area contributed by atoms with Crippen LogP contribution in [-0.2, 0) is 0 Å². The summed E-state index contributed by atoms with van der Waals surface area (Å²) in [6.07, 6.45) is 0.939. The number of nitro groups is 1. The van der Waals surface area contributed by atoms with E-state index in [2.05, 4.69) is 5.32 Å². The zero-order chi connectivity index (χ0) is 15.2. The molecule has 0 aliphatic carbocycles. The van der Waals surface area contributed by atoms with Crippen molar-refractivity contribution in [2.75, 3.05) is 11.9 Å². The third-order valence-electron chi connectivity index (χ3n) is 2.78. The Hall–Kier alpha value is -2.27. The summed E-state index contributed by atoms with van der Waals surface area (Å²) >= 11 is 5.87. The van der Waals surface area contributed by atoms with Crippen molar-refractivity contribution >= 4 is 28.7 Å². The average Bonchev–Trinajstić information content (AvgIpc) is 2.46. The van der Waals surface area contributed by atoms with Crippen molar-refractivity contribution < 1.29 is 9.66 Å². The summed E-state index contributed by atoms with van der Waals surface area (Å²) in [5.41, 5.74) is 0.949. The van der Waals surface area contributed by atoms with Gasteiger partial charge in [0, 0.05) is 5.69 Å². The Balaban J connectivity index is 2.19. The van der Waals surface area contributed by atoms with E-state index in [1.807, 2.05) is 19.1 Å². The predicted molar refractivity (Wildman–Crippen MR) is 83.6 cm³/mol. The molecular weight excluding hydrogens is 292 g/mol. The van der Waals surface area contributed by atoms with Gasteiger partial charge in [-0.2, -0.15) is 0 Å². The topological polar surface area (TPSA) is 64.4 Å². The molecule has 0 aliphatic heterocycles. The second-order valence-corrected chi connectivity index (χ2v) is 4.80. The third-order valence-corrected chi connectivity index (χ3v) is 3.08. The normalized spacial score (nSPS) is 10.2. The predicted octanol–water partition coefficient (Wildman–Crippen LogP) is 4.78. The molecule has 1 N–H and O–H groups in total. The molecule has 0 aliphatic rings. The minimum atomic E-state index is -0.497. The van der Waals surface area contributed by atoms with Gasteiger partial charge in [0.15, 0.2) is 0 Å². The second-order valence-electron chi connectivity index (χ2n) is 4.39. The number of nitrogens with zero attached hydrogens (tertiary/aromatic N) is 1. The van der Waals surface area contributed by atoms with Crippen LogP contribution in [0.4, 0.5) is 17.1 Å². The minimum absolute atomic E-state index is 0.105. The van der Waals surface area contributed by atoms with E-state index < -0.39 is 4.92 Å². The van der Waals surface area contributed by atoms with Crippen LogP contribution in [0.15, 0.2) is 42.5 Å². The fourth-order valence-electron chi connectivity index (χ4n) is 1.81. The number of nitrogens with one attached hydrogen (secondary N) is 1. The molecule has 110 valence electrons. The number of para-hydroxylation sites is 1. The first-order valence-corrected chi connectivity index (χ1v) is 6.92. The molecule has 2 aromatic carbocycles. The Bertz CT molecular complexity index is 629. The number of anilines is 2. The third kappa shape index (κ3) is 3.86. The van der Waals surface area contributed by atoms with Crippen molar-refractivity contribution in [3.05, 3.63) is 57.6 Å². The number of hydrogen-bond donors (Lipinski definition) is 1. The van der Waals surface area contributed by atoms with Crippen molar-refractivity contribution in [1.29, 1.82) is 0 Å². The summed E-state index contributed by atoms with van der Waals surface area (Å²) in [4.78, 5) is 10.6. The quantitative estimate of drug-likeness (QED) is 0.616. The van der Waals surface area contributed by atoms with E-state index in [0.717, 1.165) is 17.9 Å². The molecule has 2 rings (SSSR count). The lowest BCUT2D eigenvalue weighted by molar-refractivity contribution is -0.383. The smallest absolute Gasteiger partial charge is 0.311 e. The minimum Gasteiger partial charge on any atom is -0.494 e. The first-order chi connectivity index (χ1) is 10.1. The van der Waals surface area contributed by atoms with E-state index in [1.54, 1.807) is 24.3 Å². The summed E-state index contributed by atoms with van der Waals surface area (Å²) in [6, 6.07) is 12.0. The van der Waals surface area contributed by atoms with Gasteiger partial charge in [0.1, 0.15) is 16.5 Å². The van der Waals surface area contributed by atoms with Crippen LogP contribution < -0.4 is 10.1 Å². The standard InChI is InChI=1S/C15H15ClN2O3/c1-2-10-21-12-8-6-11(7-9-12)17-14-5-3-4-13(16)15(14)18(19)20/h3-9,17H,2,10H2,1H3. The highest BCUT2D eigenvalue weighted by Gasteiger charge is 2.18. The zero-order valence-electron chi connectivity index (χ0n) is 11.5. The monoisotopic (exact) mass is 306 g/mol. The molecule has 0 heterocycles. The molecule has 21 heavy (non-hydrogen) atoms. The highest BCUT2D eigenvalue weighted by Crippen LogP contribution is 2.34. The van der Waals surface area contributed by atoms with Crippen molar-refractivity contribution in [2.24, 2.45) is 0 Å². The maximum Gasteiger partial charge on any atom is 0.311 e. The highest BCUT2D eigenvalue weighted by molar-refractivity contribution is 6.33. The van der Waals surface area contributed by atoms with E-state index in [1.165, 1.54) is 6.07 Å². The Morgan fingerprint density at radius 3 is 2.57 bits per heavy atom. The second kappa shape index (κ2) is 6.95. The van der Waals surface area contributed by atoms with Crippen molar-refractivity contribution in [3.8, 4) is 5.75 Å². The molecule has 0 spiro atoms. The number of halogens is 1. The molecule has 0 saturated heterocycles. The van der Waals surface area contributed by atoms with E-state index in [4.69, 9.17) is 16.3 Å². The van der Waals surface area contributed by atoms with Crippen molar-refractivity contribution in [3.63, 3.8) is 0 Å². The summed E-state index contributed by atoms with van der Waals surface area (Å²) < 4.78 is 5.48. The Kier molecular flexibility index (Phi) is 5.00. The van der Waals surface area contributed by atoms with Crippen LogP contribution in [-0.4, -0.2) is 11.5 Å². The average molecular weight is 307 g/mol. The van der Waals surface area contributed by atoms with Crippen LogP contribution in [0.3, 0.4) is 0 Å². The summed E-state index contributed by atoms with van der Waals surface area (Å²) in [5, 5.41) is 14.2. The molecule has 0 bridgehead atoms. The van der Waals surface area contributed by atoms with E-state index in [0.29, 0.717) is 12.3 Å². The Morgan fingerprint density at radius 1 is 1.24 bits per heavy atom. The lowest BCUT2D eigenvalue weighted by Crippen LogP contribution is -1.98. The lowest BCUT2D eigenvalue weighted by atomic mass is 10.2. The maximum absolute atomic E-state index is 11.1. The van der Waals surface area contributed by atoms with Gasteiger partial charge in [-0.25, -0.2) is 0 Å². The largest absolute Gasteiger partial charge is 0.494 e. The fraction of sp³-hybridized carbons (Fsp3) is 0.200. The van der Waals surface area contributed by atoms with Crippen LogP contribution >= 0.6 is 11.6 Å². The first-order valence-electron chi connectivity index (χ1n) is 6.54. The van der Waals surface area contributed by atoms with Crippen LogP contribution in [0.2, 0.25) is 5.02 Å². The van der Waals surface area contributed by atoms with Gasteiger partial charge in [-0.3, -0.25) is 10.1 Å². The summed E-state index contributed by atoms with van der Waals surface area (Å²) in [6.45, 7) is 2.70. The molecule has 0 aromatic heterocycles. The van der Waals surface area contributed by atoms with Gasteiger partial charge in [-0.15, -0.1) is 0 Å². The number of benzene rings is 2. The van der Waals surface area contributed by atoms with E-state index in [-0.39, 0.29) is 10.7 Å². The Labute approximate surface area is 127 Å². The van der Waals surface area contributed by atoms with Gasteiger partial charge in [0.2, 0.25) is 0 Å². The maximum atomic E-state index is 11.1. The molecule has 0 fully saturated rings. The molecule has 0 amide bonds. The van der Waals surface area contributed by atoms with Gasteiger partial charge in [0.05, 0.1) is 11.5 Å². The fourth-order valence-corrected chi connectivity index (χ4v) is 2.06. The van der Waals surface area contributed by atoms with Gasteiger partial charge in [0.25, 0.3) is 0 Å². The van der Waals surface area contributed by atoms with Gasteiger partial charge < -0.3 is 10.1 Å². The number of ether oxygens (including phenoxy) is 1. The molecule has 0 atom stereocenters. The Morgan fingerprint density at radius 2 is 1.95 bits per heavy atom. The van der Waals surface area contributed by atoms with Gasteiger partial charge in [-0.05, 0) is 42.8 Å². The van der Waals surface area contributed by atoms with E-state index >= 15 is 0 Å². The molecule has 0 saturated carbocycles. The molecule has 0 unspecified atom stereocenters. The van der Waals surface area contributed by atoms with Crippen LogP contribution in [0.25, 0.3) is 0 Å². The molecule has 0 radical (unpaired) electrons. The number of nitro benzene ring substituents is 1. The lowest BCUT2D eigenvalue weighted by Gasteiger charge is -2.09. The van der Waals surface area contributed by atoms with Gasteiger partial charge in [-0.1, -0.05) is 24.6 Å². The number of hydrogen-bond acceptors (Lipinski definition) is 4. The van der Waals surface area contributed by atoms with Crippen molar-refractivity contribution in [1.82, 2.24) is 0 Å². The summed E-state index contributed by atoms with van der Waals surface area (Å²) in [7, 11) is 0. The first kappa shape index (κ1) is 15.1. The number of rotatable bonds is 6. The SMILES string of the molecule is CCCOc1ccc(Nc2cccc(Cl)c2[N+](=O)[O-])cc1. The molecule has 2 aromatic rings. The molecule has 6 heteroatoms. The van der Waals surface area contributed by atoms with Gasteiger partial charge >= 0.3 is 5.69 Å². The van der Waals surface area contributed by atoms with Crippen LogP contribution in [0.1, 0.15) is 13.3 Å². The molecule has 5 nitrogen and oxygen atoms in total. The highest BCUT2D eigenvalue weighted by atomic mass is 35.5. The van der Waals surface area contributed by atoms with E-state index in [9.17, 15) is 10.1 Å². The summed E-state index contributed by atoms with van der Waals surface area (Å²) in [5.74, 6) is 0.767. The zero-order valence-corrected chi connectivity index (χ0v) is 12.3. The van der Waals surface area contributed by atoms with Crippen LogP contribution in [0.5, 0.6) is 5.75 Å². The van der Waals surface area contributed by atoms with Crippen LogP contribution in [0, 0.1) is 10.1 Å².